The van der Waals surface area contributed by atoms with Crippen molar-refractivity contribution in [2.75, 3.05) is 7.11 Å². The Morgan fingerprint density at radius 3 is 2.60 bits per heavy atom. The van der Waals surface area contributed by atoms with Crippen molar-refractivity contribution in [2.24, 2.45) is 5.10 Å². The molecule has 0 radical (unpaired) electrons. The number of hydrogen-bond donors (Lipinski definition) is 1. The Morgan fingerprint density at radius 2 is 1.97 bits per heavy atom. The maximum Gasteiger partial charge on any atom is 0.311 e. The van der Waals surface area contributed by atoms with Crippen molar-refractivity contribution in [3.63, 3.8) is 0 Å². The second kappa shape index (κ2) is 7.63. The molecular weight excluding hydrogens is 386 g/mol. The number of aromatic nitrogens is 2. The molecule has 1 aliphatic rings. The van der Waals surface area contributed by atoms with Crippen LogP contribution in [-0.2, 0) is 4.79 Å². The van der Waals surface area contributed by atoms with Crippen molar-refractivity contribution < 1.29 is 14.5 Å². The highest BCUT2D eigenvalue weighted by Gasteiger charge is 2.22. The van der Waals surface area contributed by atoms with Crippen LogP contribution in [0.4, 0.5) is 5.69 Å². The number of rotatable bonds is 5. The molecule has 9 nitrogen and oxygen atoms in total. The van der Waals surface area contributed by atoms with Crippen LogP contribution in [0, 0.1) is 10.1 Å². The summed E-state index contributed by atoms with van der Waals surface area (Å²) in [6.45, 7) is 1.73. The zero-order valence-corrected chi connectivity index (χ0v) is 16.2. The van der Waals surface area contributed by atoms with Gasteiger partial charge in [-0.05, 0) is 37.3 Å². The Balaban J connectivity index is 1.90. The van der Waals surface area contributed by atoms with Crippen molar-refractivity contribution in [2.45, 2.75) is 6.92 Å². The van der Waals surface area contributed by atoms with Gasteiger partial charge in [0.2, 0.25) is 0 Å². The Morgan fingerprint density at radius 1 is 1.20 bits per heavy atom. The van der Waals surface area contributed by atoms with Crippen molar-refractivity contribution in [3.8, 4) is 22.7 Å². The minimum Gasteiger partial charge on any atom is -0.490 e. The van der Waals surface area contributed by atoms with Gasteiger partial charge in [-0.2, -0.15) is 10.2 Å². The zero-order chi connectivity index (χ0) is 21.3. The van der Waals surface area contributed by atoms with E-state index < -0.39 is 4.92 Å². The minimum absolute atomic E-state index is 0.157. The number of methoxy groups -OCH3 is 1. The smallest absolute Gasteiger partial charge is 0.311 e. The summed E-state index contributed by atoms with van der Waals surface area (Å²) in [6.07, 6.45) is 3.45. The van der Waals surface area contributed by atoms with Crippen LogP contribution in [0.15, 0.2) is 65.4 Å². The fraction of sp³-hybridized carbons (Fsp3) is 0.0952. The number of carbonyl (C=O) groups is 1. The lowest BCUT2D eigenvalue weighted by molar-refractivity contribution is -0.385. The molecule has 1 aliphatic heterocycles. The molecule has 2 aromatic carbocycles. The fourth-order valence-corrected chi connectivity index (χ4v) is 3.16. The van der Waals surface area contributed by atoms with E-state index >= 15 is 0 Å². The molecule has 3 aromatic rings. The van der Waals surface area contributed by atoms with Gasteiger partial charge in [0.25, 0.3) is 5.91 Å². The maximum absolute atomic E-state index is 12.1. The molecule has 0 unspecified atom stereocenters. The highest BCUT2D eigenvalue weighted by molar-refractivity contribution is 6.26. The lowest BCUT2D eigenvalue weighted by Gasteiger charge is -2.05. The third-order valence-corrected chi connectivity index (χ3v) is 4.67. The quantitative estimate of drug-likeness (QED) is 0.399. The summed E-state index contributed by atoms with van der Waals surface area (Å²) in [5.74, 6) is -0.157. The summed E-state index contributed by atoms with van der Waals surface area (Å²) in [7, 11) is 1.38. The second-order valence-corrected chi connectivity index (χ2v) is 6.55. The molecule has 2 heterocycles. The van der Waals surface area contributed by atoms with Gasteiger partial charge in [0.15, 0.2) is 5.75 Å². The third kappa shape index (κ3) is 3.44. The first-order valence-corrected chi connectivity index (χ1v) is 9.02. The number of amides is 1. The lowest BCUT2D eigenvalue weighted by Crippen LogP contribution is -2.12. The average Bonchev–Trinajstić information content (AvgIpc) is 3.32. The molecule has 0 aliphatic carbocycles. The van der Waals surface area contributed by atoms with Crippen LogP contribution in [0.3, 0.4) is 0 Å². The molecule has 1 amide bonds. The van der Waals surface area contributed by atoms with E-state index in [1.165, 1.54) is 19.2 Å². The van der Waals surface area contributed by atoms with E-state index in [1.807, 2.05) is 30.3 Å². The van der Waals surface area contributed by atoms with Gasteiger partial charge in [0.1, 0.15) is 5.69 Å². The molecule has 0 saturated carbocycles. The standard InChI is InChI=1S/C21H17N5O4/c1-13-17(21(27)23-22-13)10-15-12-25(16-6-4-3-5-7-16)24-20(15)14-8-9-19(30-2)18(11-14)26(28)29/h3-12H,1-2H3,(H,23,27)/b17-10+. The molecule has 9 heteroatoms. The van der Waals surface area contributed by atoms with Gasteiger partial charge in [-0.3, -0.25) is 14.9 Å². The van der Waals surface area contributed by atoms with Crippen LogP contribution in [0.25, 0.3) is 23.0 Å². The summed E-state index contributed by atoms with van der Waals surface area (Å²) in [4.78, 5) is 23.1. The van der Waals surface area contributed by atoms with Crippen LogP contribution in [-0.4, -0.2) is 33.4 Å². The van der Waals surface area contributed by atoms with Crippen LogP contribution >= 0.6 is 0 Å². The number of hydrazone groups is 1. The highest BCUT2D eigenvalue weighted by Crippen LogP contribution is 2.34. The molecule has 30 heavy (non-hydrogen) atoms. The number of para-hydroxylation sites is 1. The lowest BCUT2D eigenvalue weighted by atomic mass is 10.0. The summed E-state index contributed by atoms with van der Waals surface area (Å²) in [6, 6.07) is 14.1. The Labute approximate surface area is 171 Å². The predicted octanol–water partition coefficient (Wildman–Crippen LogP) is 3.35. The first kappa shape index (κ1) is 19.1. The number of nitro benzene ring substituents is 1. The number of nitrogens with zero attached hydrogens (tertiary/aromatic N) is 4. The number of carbonyl (C=O) groups excluding carboxylic acids is 1. The van der Waals surface area contributed by atoms with Gasteiger partial charge in [0, 0.05) is 23.4 Å². The normalized spacial score (nSPS) is 14.5. The van der Waals surface area contributed by atoms with Gasteiger partial charge in [0.05, 0.1) is 29.0 Å². The van der Waals surface area contributed by atoms with E-state index in [4.69, 9.17) is 4.74 Å². The van der Waals surface area contributed by atoms with E-state index in [2.05, 4.69) is 15.6 Å². The van der Waals surface area contributed by atoms with E-state index in [-0.39, 0.29) is 17.3 Å². The molecule has 0 saturated heterocycles. The second-order valence-electron chi connectivity index (χ2n) is 6.55. The van der Waals surface area contributed by atoms with Crippen molar-refractivity contribution in [3.05, 3.63) is 76.0 Å². The first-order valence-electron chi connectivity index (χ1n) is 9.02. The van der Waals surface area contributed by atoms with Crippen molar-refractivity contribution in [1.29, 1.82) is 0 Å². The number of benzene rings is 2. The predicted molar refractivity (Wildman–Crippen MR) is 111 cm³/mol. The average molecular weight is 403 g/mol. The molecule has 0 bridgehead atoms. The molecule has 0 fully saturated rings. The maximum atomic E-state index is 12.1. The van der Waals surface area contributed by atoms with E-state index in [0.29, 0.717) is 28.1 Å². The van der Waals surface area contributed by atoms with Gasteiger partial charge in [-0.15, -0.1) is 0 Å². The summed E-state index contributed by atoms with van der Waals surface area (Å²) in [5, 5.41) is 20.0. The topological polar surface area (TPSA) is 112 Å². The van der Waals surface area contributed by atoms with Gasteiger partial charge >= 0.3 is 5.69 Å². The Kier molecular flexibility index (Phi) is 4.85. The molecule has 150 valence electrons. The molecule has 1 aromatic heterocycles. The summed E-state index contributed by atoms with van der Waals surface area (Å²) in [5.41, 5.74) is 5.67. The largest absolute Gasteiger partial charge is 0.490 e. The van der Waals surface area contributed by atoms with Crippen molar-refractivity contribution >= 4 is 23.4 Å². The van der Waals surface area contributed by atoms with E-state index in [0.717, 1.165) is 5.69 Å². The van der Waals surface area contributed by atoms with Crippen LogP contribution in [0.1, 0.15) is 12.5 Å². The first-order chi connectivity index (χ1) is 14.5. The van der Waals surface area contributed by atoms with Crippen LogP contribution in [0.2, 0.25) is 0 Å². The van der Waals surface area contributed by atoms with E-state index in [9.17, 15) is 14.9 Å². The third-order valence-electron chi connectivity index (χ3n) is 4.67. The van der Waals surface area contributed by atoms with Crippen LogP contribution in [0.5, 0.6) is 5.75 Å². The van der Waals surface area contributed by atoms with Gasteiger partial charge in [-0.1, -0.05) is 18.2 Å². The molecular formula is C21H17N5O4. The van der Waals surface area contributed by atoms with Gasteiger partial charge in [-0.25, -0.2) is 10.1 Å². The molecule has 0 spiro atoms. The SMILES string of the molecule is COc1ccc(-c2nn(-c3ccccc3)cc2/C=C2/C(=O)NN=C2C)cc1[N+](=O)[O-]. The monoisotopic (exact) mass is 403 g/mol. The van der Waals surface area contributed by atoms with Crippen LogP contribution < -0.4 is 10.2 Å². The van der Waals surface area contributed by atoms with E-state index in [1.54, 1.807) is 29.9 Å². The summed E-state index contributed by atoms with van der Waals surface area (Å²) < 4.78 is 6.75. The summed E-state index contributed by atoms with van der Waals surface area (Å²) >= 11 is 0. The fourth-order valence-electron chi connectivity index (χ4n) is 3.16. The van der Waals surface area contributed by atoms with Gasteiger partial charge < -0.3 is 4.74 Å². The highest BCUT2D eigenvalue weighted by atomic mass is 16.6. The minimum atomic E-state index is -0.504. The molecule has 0 atom stereocenters. The van der Waals surface area contributed by atoms with Crippen molar-refractivity contribution in [1.82, 2.24) is 15.2 Å². The Hall–Kier alpha value is -4.27. The zero-order valence-electron chi connectivity index (χ0n) is 16.2. The molecule has 4 rings (SSSR count). The number of ether oxygens (including phenoxy) is 1. The number of nitro groups is 1. The number of hydrogen-bond acceptors (Lipinski definition) is 6. The Bertz CT molecular complexity index is 1210. The molecule has 1 N–H and O–H groups in total. The number of nitrogens with one attached hydrogen (secondary N) is 1.